The summed E-state index contributed by atoms with van der Waals surface area (Å²) < 4.78 is 0. The fraction of sp³-hybridized carbons (Fsp3) is 0.833. The molecule has 7 heteroatoms. The number of aliphatic hydroxyl groups excluding tert-OH is 2. The number of hydrogen-bond donors (Lipinski definition) is 4. The van der Waals surface area contributed by atoms with Crippen molar-refractivity contribution in [2.75, 3.05) is 13.2 Å². The molecule has 116 valence electrons. The van der Waals surface area contributed by atoms with Gasteiger partial charge in [-0.3, -0.25) is 9.59 Å². The van der Waals surface area contributed by atoms with Crippen LogP contribution < -0.4 is 0 Å². The van der Waals surface area contributed by atoms with Crippen LogP contribution in [0, 0.1) is 0 Å². The van der Waals surface area contributed by atoms with E-state index in [2.05, 4.69) is 13.8 Å². The van der Waals surface area contributed by atoms with Crippen molar-refractivity contribution in [1.82, 2.24) is 0 Å². The SMILES string of the molecule is CC(=O)O.CC(=O)O.CCCCO.CCCCO.[Ti]. The van der Waals surface area contributed by atoms with Crippen LogP contribution in [0.2, 0.25) is 0 Å². The van der Waals surface area contributed by atoms with Crippen LogP contribution in [-0.2, 0) is 31.3 Å². The van der Waals surface area contributed by atoms with Gasteiger partial charge in [-0.1, -0.05) is 26.7 Å². The third-order valence-corrected chi connectivity index (χ3v) is 1.02. The van der Waals surface area contributed by atoms with Crippen LogP contribution >= 0.6 is 0 Å². The monoisotopic (exact) mass is 316 g/mol. The summed E-state index contributed by atoms with van der Waals surface area (Å²) in [5.74, 6) is -1.67. The Labute approximate surface area is 130 Å². The maximum atomic E-state index is 9.00. The summed E-state index contributed by atoms with van der Waals surface area (Å²) in [4.78, 5) is 18.0. The summed E-state index contributed by atoms with van der Waals surface area (Å²) in [5.41, 5.74) is 0. The Morgan fingerprint density at radius 3 is 0.947 bits per heavy atom. The Morgan fingerprint density at radius 2 is 0.947 bits per heavy atom. The normalized spacial score (nSPS) is 7.05. The Morgan fingerprint density at radius 1 is 0.789 bits per heavy atom. The first-order chi connectivity index (χ1) is 8.29. The molecule has 0 saturated carbocycles. The maximum absolute atomic E-state index is 9.00. The fourth-order valence-corrected chi connectivity index (χ4v) is 0.316. The van der Waals surface area contributed by atoms with E-state index in [1.54, 1.807) is 0 Å². The van der Waals surface area contributed by atoms with Gasteiger partial charge in [0.1, 0.15) is 0 Å². The molecule has 4 N–H and O–H groups in total. The Bertz CT molecular complexity index is 134. The third kappa shape index (κ3) is 334. The number of carboxylic acids is 2. The zero-order chi connectivity index (χ0) is 15.4. The van der Waals surface area contributed by atoms with Crippen LogP contribution in [0.25, 0.3) is 0 Å². The van der Waals surface area contributed by atoms with Gasteiger partial charge in [-0.2, -0.15) is 0 Å². The van der Waals surface area contributed by atoms with Gasteiger partial charge in [0, 0.05) is 48.8 Å². The van der Waals surface area contributed by atoms with Crippen molar-refractivity contribution < 1.29 is 51.7 Å². The Kier molecular flexibility index (Phi) is 59.1. The molecule has 0 fully saturated rings. The van der Waals surface area contributed by atoms with Gasteiger partial charge in [0.15, 0.2) is 0 Å². The first kappa shape index (κ1) is 31.1. The minimum Gasteiger partial charge on any atom is -0.481 e. The van der Waals surface area contributed by atoms with Crippen molar-refractivity contribution in [3.63, 3.8) is 0 Å². The summed E-state index contributed by atoms with van der Waals surface area (Å²) >= 11 is 0. The molecule has 0 aromatic rings. The second kappa shape index (κ2) is 36.0. The van der Waals surface area contributed by atoms with Gasteiger partial charge < -0.3 is 20.4 Å². The van der Waals surface area contributed by atoms with Crippen LogP contribution in [0.4, 0.5) is 0 Å². The first-order valence-corrected chi connectivity index (χ1v) is 5.90. The average molecular weight is 316 g/mol. The molecule has 0 atom stereocenters. The van der Waals surface area contributed by atoms with Crippen LogP contribution in [0.1, 0.15) is 53.4 Å². The molecule has 0 bridgehead atoms. The summed E-state index contributed by atoms with van der Waals surface area (Å²) in [5, 5.41) is 31.0. The first-order valence-electron chi connectivity index (χ1n) is 5.90. The van der Waals surface area contributed by atoms with Gasteiger partial charge in [-0.15, -0.1) is 0 Å². The van der Waals surface area contributed by atoms with Crippen LogP contribution in [-0.4, -0.2) is 45.6 Å². The summed E-state index contributed by atoms with van der Waals surface area (Å²) in [6.45, 7) is 6.96. The molecular weight excluding hydrogens is 288 g/mol. The average Bonchev–Trinajstić information content (AvgIpc) is 2.19. The maximum Gasteiger partial charge on any atom is 0.300 e. The zero-order valence-electron chi connectivity index (χ0n) is 12.3. The van der Waals surface area contributed by atoms with E-state index >= 15 is 0 Å². The third-order valence-electron chi connectivity index (χ3n) is 1.02. The summed E-state index contributed by atoms with van der Waals surface area (Å²) in [7, 11) is 0. The van der Waals surface area contributed by atoms with E-state index in [-0.39, 0.29) is 21.7 Å². The summed E-state index contributed by atoms with van der Waals surface area (Å²) in [6.07, 6.45) is 4.08. The largest absolute Gasteiger partial charge is 0.481 e. The van der Waals surface area contributed by atoms with Crippen LogP contribution in [0.15, 0.2) is 0 Å². The van der Waals surface area contributed by atoms with Crippen molar-refractivity contribution in [2.45, 2.75) is 53.4 Å². The van der Waals surface area contributed by atoms with Crippen LogP contribution in [0.3, 0.4) is 0 Å². The Balaban J connectivity index is -0.0000000453. The number of aliphatic hydroxyl groups is 2. The number of unbranched alkanes of at least 4 members (excludes halogenated alkanes) is 2. The van der Waals surface area contributed by atoms with Gasteiger partial charge in [0.25, 0.3) is 11.9 Å². The molecule has 19 heavy (non-hydrogen) atoms. The van der Waals surface area contributed by atoms with E-state index < -0.39 is 11.9 Å². The molecule has 0 aliphatic carbocycles. The molecule has 0 unspecified atom stereocenters. The van der Waals surface area contributed by atoms with E-state index in [0.717, 1.165) is 39.5 Å². The van der Waals surface area contributed by atoms with E-state index in [4.69, 9.17) is 30.0 Å². The van der Waals surface area contributed by atoms with Gasteiger partial charge in [-0.25, -0.2) is 0 Å². The zero-order valence-corrected chi connectivity index (χ0v) is 13.9. The van der Waals surface area contributed by atoms with Crippen molar-refractivity contribution in [1.29, 1.82) is 0 Å². The smallest absolute Gasteiger partial charge is 0.300 e. The van der Waals surface area contributed by atoms with E-state index in [0.29, 0.717) is 13.2 Å². The molecule has 0 heterocycles. The van der Waals surface area contributed by atoms with E-state index in [9.17, 15) is 0 Å². The molecule has 6 nitrogen and oxygen atoms in total. The number of carbonyl (C=O) groups is 2. The number of aliphatic carboxylic acids is 2. The van der Waals surface area contributed by atoms with Crippen molar-refractivity contribution >= 4 is 11.9 Å². The van der Waals surface area contributed by atoms with E-state index in [1.165, 1.54) is 0 Å². The minimum atomic E-state index is -0.833. The van der Waals surface area contributed by atoms with Gasteiger partial charge in [-0.05, 0) is 12.8 Å². The van der Waals surface area contributed by atoms with Crippen LogP contribution in [0.5, 0.6) is 0 Å². The predicted molar refractivity (Wildman–Crippen MR) is 70.6 cm³/mol. The molecular formula is C12H28O6Ti. The molecule has 0 aromatic carbocycles. The number of carboxylic acid groups (broad SMARTS) is 2. The fourth-order valence-electron chi connectivity index (χ4n) is 0.316. The predicted octanol–water partition coefficient (Wildman–Crippen LogP) is 1.74. The number of hydrogen-bond acceptors (Lipinski definition) is 4. The van der Waals surface area contributed by atoms with Gasteiger partial charge in [0.05, 0.1) is 0 Å². The van der Waals surface area contributed by atoms with Crippen molar-refractivity contribution in [3.05, 3.63) is 0 Å². The molecule has 0 rings (SSSR count). The van der Waals surface area contributed by atoms with Crippen molar-refractivity contribution in [2.24, 2.45) is 0 Å². The second-order valence-corrected chi connectivity index (χ2v) is 3.19. The Hall–Kier alpha value is -0.426. The molecule has 0 radical (unpaired) electrons. The molecule has 0 saturated heterocycles. The van der Waals surface area contributed by atoms with E-state index in [1.807, 2.05) is 0 Å². The number of rotatable bonds is 4. The quantitative estimate of drug-likeness (QED) is 0.587. The molecule has 0 aromatic heterocycles. The van der Waals surface area contributed by atoms with Gasteiger partial charge >= 0.3 is 0 Å². The van der Waals surface area contributed by atoms with Crippen molar-refractivity contribution in [3.8, 4) is 0 Å². The molecule has 0 aliphatic rings. The molecule has 0 aliphatic heterocycles. The van der Waals surface area contributed by atoms with Gasteiger partial charge in [0.2, 0.25) is 0 Å². The molecule has 0 spiro atoms. The topological polar surface area (TPSA) is 115 Å². The standard InChI is InChI=1S/2C4H10O.2C2H4O2.Ti/c2*1-2-3-4-5;2*1-2(3)4;/h2*5H,2-4H2,1H3;2*1H3,(H,3,4);. The minimum absolute atomic E-state index is 0. The molecule has 0 amide bonds. The summed E-state index contributed by atoms with van der Waals surface area (Å²) in [6, 6.07) is 0. The second-order valence-electron chi connectivity index (χ2n) is 3.19.